The number of halogens is 3. The van der Waals surface area contributed by atoms with E-state index in [2.05, 4.69) is 5.32 Å². The summed E-state index contributed by atoms with van der Waals surface area (Å²) >= 11 is 18.3. The van der Waals surface area contributed by atoms with Gasteiger partial charge in [0.05, 0.1) is 27.0 Å². The van der Waals surface area contributed by atoms with Gasteiger partial charge in [0.15, 0.2) is 0 Å². The van der Waals surface area contributed by atoms with Crippen molar-refractivity contribution < 1.29 is 18.0 Å². The Bertz CT molecular complexity index is 1160. The Labute approximate surface area is 216 Å². The molecule has 0 radical (unpaired) electrons. The fourth-order valence-corrected chi connectivity index (χ4v) is 5.03. The van der Waals surface area contributed by atoms with Crippen LogP contribution in [0, 0.1) is 6.92 Å². The maximum absolute atomic E-state index is 13.6. The molecule has 0 saturated heterocycles. The van der Waals surface area contributed by atoms with Crippen LogP contribution in [-0.2, 0) is 26.2 Å². The molecular formula is C23H28Cl3N3O4S. The molecule has 0 aliphatic heterocycles. The van der Waals surface area contributed by atoms with Crippen molar-refractivity contribution in [3.63, 3.8) is 0 Å². The number of anilines is 1. The third-order valence-corrected chi connectivity index (χ3v) is 7.43. The van der Waals surface area contributed by atoms with E-state index in [-0.39, 0.29) is 33.2 Å². The van der Waals surface area contributed by atoms with Gasteiger partial charge in [0, 0.05) is 13.1 Å². The molecule has 0 unspecified atom stereocenters. The van der Waals surface area contributed by atoms with E-state index in [1.165, 1.54) is 17.0 Å². The van der Waals surface area contributed by atoms with Crippen molar-refractivity contribution in [3.05, 3.63) is 62.6 Å². The van der Waals surface area contributed by atoms with E-state index in [1.54, 1.807) is 13.8 Å². The minimum absolute atomic E-state index is 0.0221. The summed E-state index contributed by atoms with van der Waals surface area (Å²) in [6.45, 7) is 5.45. The fraction of sp³-hybridized carbons (Fsp3) is 0.391. The van der Waals surface area contributed by atoms with Crippen LogP contribution in [0.5, 0.6) is 0 Å². The van der Waals surface area contributed by atoms with Crippen molar-refractivity contribution in [3.8, 4) is 0 Å². The van der Waals surface area contributed by atoms with E-state index in [0.717, 1.165) is 21.7 Å². The van der Waals surface area contributed by atoms with Crippen molar-refractivity contribution in [1.29, 1.82) is 0 Å². The van der Waals surface area contributed by atoms with E-state index in [1.807, 2.05) is 31.2 Å². The summed E-state index contributed by atoms with van der Waals surface area (Å²) in [5.74, 6) is -0.876. The predicted octanol–water partition coefficient (Wildman–Crippen LogP) is 4.66. The van der Waals surface area contributed by atoms with Crippen LogP contribution in [0.4, 0.5) is 5.69 Å². The van der Waals surface area contributed by atoms with Crippen molar-refractivity contribution in [1.82, 2.24) is 10.2 Å². The number of sulfonamides is 1. The molecule has 0 saturated carbocycles. The topological polar surface area (TPSA) is 86.8 Å². The largest absolute Gasteiger partial charge is 0.355 e. The Balaban J connectivity index is 2.52. The average Bonchev–Trinajstić information content (AvgIpc) is 2.75. The van der Waals surface area contributed by atoms with Crippen molar-refractivity contribution in [2.24, 2.45) is 0 Å². The van der Waals surface area contributed by atoms with Crippen LogP contribution in [0.2, 0.25) is 15.1 Å². The molecule has 11 heteroatoms. The van der Waals surface area contributed by atoms with Gasteiger partial charge in [-0.1, -0.05) is 66.0 Å². The molecule has 7 nitrogen and oxygen atoms in total. The Kier molecular flexibility index (Phi) is 10.1. The number of nitrogens with one attached hydrogen (secondary N) is 1. The lowest BCUT2D eigenvalue weighted by Crippen LogP contribution is -2.52. The molecule has 2 amide bonds. The first kappa shape index (κ1) is 28.2. The van der Waals surface area contributed by atoms with E-state index >= 15 is 0 Å². The Morgan fingerprint density at radius 3 is 2.21 bits per heavy atom. The molecule has 0 aliphatic carbocycles. The second-order valence-electron chi connectivity index (χ2n) is 7.75. The minimum Gasteiger partial charge on any atom is -0.355 e. The highest BCUT2D eigenvalue weighted by atomic mass is 35.5. The van der Waals surface area contributed by atoms with E-state index in [4.69, 9.17) is 34.8 Å². The maximum atomic E-state index is 13.6. The molecule has 2 aromatic rings. The Hall–Kier alpha value is -2.00. The summed E-state index contributed by atoms with van der Waals surface area (Å²) in [6.07, 6.45) is 1.31. The van der Waals surface area contributed by atoms with E-state index in [9.17, 15) is 18.0 Å². The van der Waals surface area contributed by atoms with Gasteiger partial charge in [-0.25, -0.2) is 8.42 Å². The second-order valence-corrected chi connectivity index (χ2v) is 10.9. The lowest BCUT2D eigenvalue weighted by molar-refractivity contribution is -0.140. The number of carbonyl (C=O) groups is 2. The number of hydrogen-bond acceptors (Lipinski definition) is 4. The van der Waals surface area contributed by atoms with Crippen LogP contribution in [0.1, 0.15) is 31.4 Å². The van der Waals surface area contributed by atoms with Crippen molar-refractivity contribution in [2.75, 3.05) is 23.7 Å². The molecular weight excluding hydrogens is 521 g/mol. The first-order chi connectivity index (χ1) is 15.9. The third kappa shape index (κ3) is 7.01. The lowest BCUT2D eigenvalue weighted by Gasteiger charge is -2.33. The van der Waals surface area contributed by atoms with Crippen LogP contribution >= 0.6 is 34.8 Å². The van der Waals surface area contributed by atoms with Crippen LogP contribution in [-0.4, -0.2) is 50.5 Å². The molecule has 1 atom stereocenters. The number of rotatable bonds is 10. The highest BCUT2D eigenvalue weighted by Crippen LogP contribution is 2.35. The predicted molar refractivity (Wildman–Crippen MR) is 138 cm³/mol. The van der Waals surface area contributed by atoms with Crippen LogP contribution < -0.4 is 9.62 Å². The van der Waals surface area contributed by atoms with Gasteiger partial charge in [-0.05, 0) is 43.5 Å². The number of nitrogens with zero attached hydrogens (tertiary/aromatic N) is 2. The molecule has 0 bridgehead atoms. The van der Waals surface area contributed by atoms with Gasteiger partial charge in [-0.2, -0.15) is 0 Å². The molecule has 2 rings (SSSR count). The SMILES string of the molecule is CCNC(=O)[C@H](CC)N(Cc1ccccc1C)C(=O)CN(c1cc(Cl)c(Cl)cc1Cl)S(C)(=O)=O. The number of amides is 2. The summed E-state index contributed by atoms with van der Waals surface area (Å²) in [4.78, 5) is 27.8. The smallest absolute Gasteiger partial charge is 0.244 e. The van der Waals surface area contributed by atoms with Gasteiger partial charge in [-0.3, -0.25) is 13.9 Å². The fourth-order valence-electron chi connectivity index (χ4n) is 3.48. The van der Waals surface area contributed by atoms with Gasteiger partial charge >= 0.3 is 0 Å². The minimum atomic E-state index is -3.94. The summed E-state index contributed by atoms with van der Waals surface area (Å²) < 4.78 is 26.2. The molecule has 186 valence electrons. The monoisotopic (exact) mass is 547 g/mol. The zero-order valence-corrected chi connectivity index (χ0v) is 22.5. The normalized spacial score (nSPS) is 12.2. The first-order valence-electron chi connectivity index (χ1n) is 10.6. The lowest BCUT2D eigenvalue weighted by atomic mass is 10.1. The number of benzene rings is 2. The van der Waals surface area contributed by atoms with E-state index in [0.29, 0.717) is 13.0 Å². The Morgan fingerprint density at radius 1 is 1.03 bits per heavy atom. The van der Waals surface area contributed by atoms with Gasteiger partial charge < -0.3 is 10.2 Å². The molecule has 2 aromatic carbocycles. The summed E-state index contributed by atoms with van der Waals surface area (Å²) in [5, 5.41) is 3.02. The van der Waals surface area contributed by atoms with Crippen LogP contribution in [0.3, 0.4) is 0 Å². The van der Waals surface area contributed by atoms with Crippen LogP contribution in [0.25, 0.3) is 0 Å². The molecule has 1 N–H and O–H groups in total. The maximum Gasteiger partial charge on any atom is 0.244 e. The zero-order valence-electron chi connectivity index (χ0n) is 19.4. The van der Waals surface area contributed by atoms with Crippen molar-refractivity contribution >= 4 is 62.3 Å². The molecule has 0 heterocycles. The third-order valence-electron chi connectivity index (χ3n) is 5.28. The summed E-state index contributed by atoms with van der Waals surface area (Å²) in [7, 11) is -3.94. The standard InChI is InChI=1S/C23H28Cl3N3O4S/c1-5-20(23(31)27-6-2)28(13-16-10-8-7-9-15(16)3)22(30)14-29(34(4,32)33)21-12-18(25)17(24)11-19(21)26/h7-12,20H,5-6,13-14H2,1-4H3,(H,27,31)/t20-/m0/s1. The Morgan fingerprint density at radius 2 is 1.65 bits per heavy atom. The summed E-state index contributed by atoms with van der Waals surface area (Å²) in [5.41, 5.74) is 1.81. The molecule has 34 heavy (non-hydrogen) atoms. The van der Waals surface area contributed by atoms with Crippen molar-refractivity contribution in [2.45, 2.75) is 39.8 Å². The molecule has 0 fully saturated rings. The number of aryl methyl sites for hydroxylation is 1. The first-order valence-corrected chi connectivity index (χ1v) is 13.6. The quantitative estimate of drug-likeness (QED) is 0.437. The summed E-state index contributed by atoms with van der Waals surface area (Å²) in [6, 6.07) is 9.32. The number of hydrogen-bond donors (Lipinski definition) is 1. The highest BCUT2D eigenvalue weighted by Gasteiger charge is 2.32. The van der Waals surface area contributed by atoms with Gasteiger partial charge in [0.1, 0.15) is 12.6 Å². The van der Waals surface area contributed by atoms with Gasteiger partial charge in [0.25, 0.3) is 0 Å². The second kappa shape index (κ2) is 12.1. The van der Waals surface area contributed by atoms with Gasteiger partial charge in [-0.15, -0.1) is 0 Å². The zero-order chi connectivity index (χ0) is 25.6. The van der Waals surface area contributed by atoms with E-state index < -0.39 is 28.5 Å². The van der Waals surface area contributed by atoms with Crippen LogP contribution in [0.15, 0.2) is 36.4 Å². The highest BCUT2D eigenvalue weighted by molar-refractivity contribution is 7.92. The molecule has 0 spiro atoms. The molecule has 0 aliphatic rings. The molecule has 0 aromatic heterocycles. The number of carbonyl (C=O) groups excluding carboxylic acids is 2. The van der Waals surface area contributed by atoms with Gasteiger partial charge in [0.2, 0.25) is 21.8 Å². The average molecular weight is 549 g/mol. The number of likely N-dealkylation sites (N-methyl/N-ethyl adjacent to an activating group) is 1.